The maximum atomic E-state index is 13.7. The Bertz CT molecular complexity index is 799. The van der Waals surface area contributed by atoms with Crippen molar-refractivity contribution >= 4 is 22.1 Å². The van der Waals surface area contributed by atoms with E-state index in [1.807, 2.05) is 5.38 Å². The van der Waals surface area contributed by atoms with Crippen LogP contribution < -0.4 is 0 Å². The third-order valence-electron chi connectivity index (χ3n) is 2.83. The summed E-state index contributed by atoms with van der Waals surface area (Å²) >= 11 is 1.37. The number of hydrogen-bond acceptors (Lipinski definition) is 5. The van der Waals surface area contributed by atoms with Crippen molar-refractivity contribution < 1.29 is 8.60 Å². The highest BCUT2D eigenvalue weighted by Crippen LogP contribution is 2.26. The molecule has 0 radical (unpaired) electrons. The van der Waals surface area contributed by atoms with Crippen LogP contribution >= 0.6 is 11.3 Å². The Labute approximate surface area is 127 Å². The minimum absolute atomic E-state index is 0.293. The molecule has 1 aromatic carbocycles. The van der Waals surface area contributed by atoms with E-state index < -0.39 is 10.8 Å². The first-order chi connectivity index (χ1) is 10.1. The topological polar surface area (TPSA) is 60.7 Å². The smallest absolute Gasteiger partial charge is 0.221 e. The van der Waals surface area contributed by atoms with Gasteiger partial charge in [0.15, 0.2) is 0 Å². The lowest BCUT2D eigenvalue weighted by atomic mass is 10.2. The molecule has 21 heavy (non-hydrogen) atoms. The molecule has 0 fully saturated rings. The second kappa shape index (κ2) is 5.82. The van der Waals surface area contributed by atoms with Crippen molar-refractivity contribution in [2.24, 2.45) is 0 Å². The first kappa shape index (κ1) is 14.0. The predicted molar refractivity (Wildman–Crippen MR) is 79.0 cm³/mol. The van der Waals surface area contributed by atoms with E-state index in [0.29, 0.717) is 22.3 Å². The summed E-state index contributed by atoms with van der Waals surface area (Å²) in [5.74, 6) is -0.293. The van der Waals surface area contributed by atoms with Crippen LogP contribution in [0.25, 0.3) is 10.6 Å². The van der Waals surface area contributed by atoms with E-state index in [9.17, 15) is 8.60 Å². The number of benzene rings is 1. The van der Waals surface area contributed by atoms with Crippen LogP contribution in [-0.4, -0.2) is 30.2 Å². The summed E-state index contributed by atoms with van der Waals surface area (Å²) in [6, 6.07) is 6.53. The Morgan fingerprint density at radius 3 is 2.95 bits per heavy atom. The summed E-state index contributed by atoms with van der Waals surface area (Å²) in [5, 5.41) is 10.4. The molecular formula is C13H11FN4OS2. The van der Waals surface area contributed by atoms with Gasteiger partial charge in [0, 0.05) is 17.2 Å². The molecule has 2 heterocycles. The normalized spacial score (nSPS) is 12.5. The molecule has 0 N–H and O–H groups in total. The molecule has 3 aromatic rings. The van der Waals surface area contributed by atoms with Gasteiger partial charge in [-0.2, -0.15) is 0 Å². The monoisotopic (exact) mass is 322 g/mol. The van der Waals surface area contributed by atoms with E-state index in [2.05, 4.69) is 15.2 Å². The summed E-state index contributed by atoms with van der Waals surface area (Å²) in [6.07, 6.45) is 3.06. The molecular weight excluding hydrogens is 311 g/mol. The minimum atomic E-state index is -1.21. The zero-order valence-corrected chi connectivity index (χ0v) is 12.7. The maximum Gasteiger partial charge on any atom is 0.221 e. The third kappa shape index (κ3) is 2.91. The quantitative estimate of drug-likeness (QED) is 0.739. The molecule has 0 amide bonds. The largest absolute Gasteiger partial charge is 0.300 e. The number of thiazole rings is 1. The van der Waals surface area contributed by atoms with Crippen LogP contribution in [0.1, 0.15) is 5.69 Å². The Morgan fingerprint density at radius 2 is 2.19 bits per heavy atom. The molecule has 0 saturated heterocycles. The van der Waals surface area contributed by atoms with Gasteiger partial charge in [-0.3, -0.25) is 4.21 Å². The van der Waals surface area contributed by atoms with E-state index in [4.69, 9.17) is 0 Å². The number of halogens is 1. The molecule has 8 heteroatoms. The summed E-state index contributed by atoms with van der Waals surface area (Å²) in [4.78, 5) is 4.42. The van der Waals surface area contributed by atoms with Crippen molar-refractivity contribution in [3.05, 3.63) is 47.5 Å². The SMILES string of the molecule is C[S@](=O)c1nncn1Cc1csc(-c2ccccc2F)n1. The molecule has 0 unspecified atom stereocenters. The van der Waals surface area contributed by atoms with Crippen LogP contribution in [0.15, 0.2) is 41.1 Å². The van der Waals surface area contributed by atoms with Gasteiger partial charge >= 0.3 is 0 Å². The Balaban J connectivity index is 1.88. The van der Waals surface area contributed by atoms with Crippen LogP contribution in [0, 0.1) is 5.82 Å². The lowest BCUT2D eigenvalue weighted by molar-refractivity contribution is 0.631. The summed E-state index contributed by atoms with van der Waals surface area (Å²) < 4.78 is 26.9. The van der Waals surface area contributed by atoms with Crippen molar-refractivity contribution in [2.45, 2.75) is 11.7 Å². The second-order valence-corrected chi connectivity index (χ2v) is 6.45. The van der Waals surface area contributed by atoms with Crippen molar-refractivity contribution in [1.82, 2.24) is 19.7 Å². The second-order valence-electron chi connectivity index (χ2n) is 4.32. The predicted octanol–water partition coefficient (Wildman–Crippen LogP) is 2.33. The fourth-order valence-corrected chi connectivity index (χ4v) is 3.33. The first-order valence-corrected chi connectivity index (χ1v) is 8.49. The average molecular weight is 322 g/mol. The van der Waals surface area contributed by atoms with Crippen LogP contribution in [0.2, 0.25) is 0 Å². The zero-order chi connectivity index (χ0) is 14.8. The number of rotatable bonds is 4. The average Bonchev–Trinajstić information content (AvgIpc) is 3.09. The van der Waals surface area contributed by atoms with Crippen molar-refractivity contribution in [2.75, 3.05) is 6.26 Å². The molecule has 0 aliphatic carbocycles. The molecule has 1 atom stereocenters. The van der Waals surface area contributed by atoms with Crippen molar-refractivity contribution in [3.8, 4) is 10.6 Å². The standard InChI is InChI=1S/C13H11FN4OS2/c1-21(19)13-17-15-8-18(13)6-9-7-20-12(16-9)10-4-2-3-5-11(10)14/h2-5,7-8H,6H2,1H3/t21-/m0/s1. The van der Waals surface area contributed by atoms with E-state index in [1.54, 1.807) is 29.0 Å². The van der Waals surface area contributed by atoms with Gasteiger partial charge in [0.25, 0.3) is 0 Å². The number of hydrogen-bond donors (Lipinski definition) is 0. The number of nitrogens with zero attached hydrogens (tertiary/aromatic N) is 4. The minimum Gasteiger partial charge on any atom is -0.300 e. The summed E-state index contributed by atoms with van der Waals surface area (Å²) in [6.45, 7) is 0.410. The maximum absolute atomic E-state index is 13.7. The Hall–Kier alpha value is -1.93. The van der Waals surface area contributed by atoms with Gasteiger partial charge in [-0.15, -0.1) is 21.5 Å². The number of aromatic nitrogens is 4. The van der Waals surface area contributed by atoms with E-state index in [1.165, 1.54) is 23.7 Å². The molecule has 108 valence electrons. The Morgan fingerprint density at radius 1 is 1.38 bits per heavy atom. The van der Waals surface area contributed by atoms with E-state index in [0.717, 1.165) is 5.69 Å². The van der Waals surface area contributed by atoms with Gasteiger partial charge < -0.3 is 4.57 Å². The van der Waals surface area contributed by atoms with Crippen LogP contribution in [0.3, 0.4) is 0 Å². The third-order valence-corrected chi connectivity index (χ3v) is 4.58. The fraction of sp³-hybridized carbons (Fsp3) is 0.154. The Kier molecular flexibility index (Phi) is 3.89. The molecule has 0 spiro atoms. The molecule has 0 bridgehead atoms. The first-order valence-electron chi connectivity index (χ1n) is 6.05. The van der Waals surface area contributed by atoms with Gasteiger partial charge in [0.1, 0.15) is 17.2 Å². The summed E-state index contributed by atoms with van der Waals surface area (Å²) in [5.41, 5.74) is 1.24. The van der Waals surface area contributed by atoms with Gasteiger partial charge in [0.2, 0.25) is 5.16 Å². The molecule has 5 nitrogen and oxygen atoms in total. The summed E-state index contributed by atoms with van der Waals surface area (Å²) in [7, 11) is -1.21. The van der Waals surface area contributed by atoms with Crippen LogP contribution in [-0.2, 0) is 17.3 Å². The zero-order valence-electron chi connectivity index (χ0n) is 11.1. The lowest BCUT2D eigenvalue weighted by Gasteiger charge is -2.01. The van der Waals surface area contributed by atoms with E-state index in [-0.39, 0.29) is 5.82 Å². The van der Waals surface area contributed by atoms with Gasteiger partial charge in [-0.1, -0.05) is 12.1 Å². The highest BCUT2D eigenvalue weighted by atomic mass is 32.2. The molecule has 3 rings (SSSR count). The van der Waals surface area contributed by atoms with Crippen LogP contribution in [0.4, 0.5) is 4.39 Å². The molecule has 2 aromatic heterocycles. The van der Waals surface area contributed by atoms with E-state index >= 15 is 0 Å². The fourth-order valence-electron chi connectivity index (χ4n) is 1.89. The highest BCUT2D eigenvalue weighted by Gasteiger charge is 2.12. The van der Waals surface area contributed by atoms with Crippen LogP contribution in [0.5, 0.6) is 0 Å². The highest BCUT2D eigenvalue weighted by molar-refractivity contribution is 7.84. The van der Waals surface area contributed by atoms with Crippen molar-refractivity contribution in [3.63, 3.8) is 0 Å². The van der Waals surface area contributed by atoms with Gasteiger partial charge in [-0.25, -0.2) is 9.37 Å². The molecule has 0 aliphatic rings. The van der Waals surface area contributed by atoms with Crippen molar-refractivity contribution in [1.29, 1.82) is 0 Å². The van der Waals surface area contributed by atoms with Gasteiger partial charge in [0.05, 0.1) is 23.0 Å². The molecule has 0 aliphatic heterocycles. The molecule has 0 saturated carbocycles. The lowest BCUT2D eigenvalue weighted by Crippen LogP contribution is -2.05. The van der Waals surface area contributed by atoms with Gasteiger partial charge in [-0.05, 0) is 12.1 Å².